The second-order valence-electron chi connectivity index (χ2n) is 11.4. The number of ether oxygens (including phenoxy) is 3. The maximum atomic E-state index is 15.1. The van der Waals surface area contributed by atoms with E-state index in [0.717, 1.165) is 29.7 Å². The molecule has 1 aliphatic rings. The van der Waals surface area contributed by atoms with Gasteiger partial charge in [0.15, 0.2) is 0 Å². The van der Waals surface area contributed by atoms with Crippen molar-refractivity contribution in [2.45, 2.75) is 44.2 Å². The Balaban J connectivity index is 1.36. The molecule has 0 saturated heterocycles. The molecule has 0 bridgehead atoms. The van der Waals surface area contributed by atoms with Gasteiger partial charge >= 0.3 is 0 Å². The Morgan fingerprint density at radius 1 is 1.07 bits per heavy atom. The fourth-order valence-corrected chi connectivity index (χ4v) is 6.30. The Bertz CT molecular complexity index is 1680. The van der Waals surface area contributed by atoms with Gasteiger partial charge in [0, 0.05) is 50.4 Å². The highest BCUT2D eigenvalue weighted by Crippen LogP contribution is 2.38. The highest BCUT2D eigenvalue weighted by Gasteiger charge is 2.36. The molecule has 5 rings (SSSR count). The van der Waals surface area contributed by atoms with Gasteiger partial charge < -0.3 is 19.9 Å². The van der Waals surface area contributed by atoms with Gasteiger partial charge in [-0.2, -0.15) is 5.10 Å². The molecule has 1 aromatic carbocycles. The van der Waals surface area contributed by atoms with E-state index in [-0.39, 0.29) is 60.0 Å². The molecule has 44 heavy (non-hydrogen) atoms. The minimum atomic E-state index is -3.12. The number of hydrogen-bond acceptors (Lipinski definition) is 9. The molecule has 236 valence electrons. The first-order valence-corrected chi connectivity index (χ1v) is 16.5. The Morgan fingerprint density at radius 2 is 1.84 bits per heavy atom. The summed E-state index contributed by atoms with van der Waals surface area (Å²) in [7, 11) is -1.61. The Morgan fingerprint density at radius 3 is 2.55 bits per heavy atom. The van der Waals surface area contributed by atoms with E-state index in [1.54, 1.807) is 35.2 Å². The standard InChI is InChI=1S/C31H37F2N5O5S/c1-19-12-20(13-27(34)31(19)43-10-11-44(3,39)40)24-6-7-35-17-21(24)14-29-36-18-22-4-5-28(37-38(22)29)30-25(32)15-23(16-26(30)33)42-9-8-41-2/h4-7,15-20,27,31H,8-14,34H2,1-3H3/t19-,20+,27+,31-/m0/s1. The largest absolute Gasteiger partial charge is 0.491 e. The average Bonchev–Trinajstić information content (AvgIpc) is 3.36. The van der Waals surface area contributed by atoms with Crippen LogP contribution >= 0.6 is 0 Å². The molecule has 10 nitrogen and oxygen atoms in total. The van der Waals surface area contributed by atoms with Crippen LogP contribution < -0.4 is 10.5 Å². The molecule has 1 fully saturated rings. The fourth-order valence-electron chi connectivity index (χ4n) is 5.90. The number of pyridine rings is 1. The van der Waals surface area contributed by atoms with Crippen molar-refractivity contribution in [1.82, 2.24) is 19.6 Å². The van der Waals surface area contributed by atoms with Crippen LogP contribution in [0, 0.1) is 17.6 Å². The second-order valence-corrected chi connectivity index (χ2v) is 13.6. The van der Waals surface area contributed by atoms with E-state index >= 15 is 8.78 Å². The van der Waals surface area contributed by atoms with Crippen LogP contribution in [0.3, 0.4) is 0 Å². The van der Waals surface area contributed by atoms with Crippen molar-refractivity contribution in [3.8, 4) is 17.0 Å². The lowest BCUT2D eigenvalue weighted by atomic mass is 9.73. The van der Waals surface area contributed by atoms with Crippen molar-refractivity contribution in [2.75, 3.05) is 38.9 Å². The fraction of sp³-hybridized carbons (Fsp3) is 0.452. The lowest BCUT2D eigenvalue weighted by Gasteiger charge is -2.39. The van der Waals surface area contributed by atoms with Crippen molar-refractivity contribution in [3.63, 3.8) is 0 Å². The van der Waals surface area contributed by atoms with Gasteiger partial charge in [0.2, 0.25) is 0 Å². The number of benzene rings is 1. The molecular weight excluding hydrogens is 592 g/mol. The summed E-state index contributed by atoms with van der Waals surface area (Å²) < 4.78 is 71.0. The van der Waals surface area contributed by atoms with Crippen molar-refractivity contribution in [1.29, 1.82) is 0 Å². The van der Waals surface area contributed by atoms with Gasteiger partial charge in [0.1, 0.15) is 39.7 Å². The highest BCUT2D eigenvalue weighted by molar-refractivity contribution is 7.90. The van der Waals surface area contributed by atoms with E-state index in [1.807, 2.05) is 6.07 Å². The molecule has 1 saturated carbocycles. The molecule has 3 aromatic heterocycles. The molecule has 1 aliphatic carbocycles. The SMILES string of the molecule is COCCOc1cc(F)c(-c2ccc3cnc(Cc4cnccc4[C@H]4C[C@@H](N)[C@@H](OCCS(C)(=O)=O)[C@@H](C)C4)n3n2)c(F)c1. The van der Waals surface area contributed by atoms with Crippen molar-refractivity contribution < 1.29 is 31.4 Å². The predicted molar refractivity (Wildman–Crippen MR) is 161 cm³/mol. The predicted octanol–water partition coefficient (Wildman–Crippen LogP) is 3.96. The van der Waals surface area contributed by atoms with Gasteiger partial charge in [-0.1, -0.05) is 6.92 Å². The molecule has 0 aliphatic heterocycles. The van der Waals surface area contributed by atoms with E-state index in [1.165, 1.54) is 13.4 Å². The average molecular weight is 630 g/mol. The topological polar surface area (TPSA) is 131 Å². The normalized spacial score (nSPS) is 20.7. The van der Waals surface area contributed by atoms with Crippen LogP contribution in [-0.4, -0.2) is 79.1 Å². The summed E-state index contributed by atoms with van der Waals surface area (Å²) in [4.78, 5) is 8.92. The zero-order chi connectivity index (χ0) is 31.4. The van der Waals surface area contributed by atoms with E-state index < -0.39 is 21.5 Å². The molecule has 0 unspecified atom stereocenters. The Hall–Kier alpha value is -3.52. The van der Waals surface area contributed by atoms with Crippen LogP contribution in [-0.2, 0) is 25.7 Å². The van der Waals surface area contributed by atoms with E-state index in [9.17, 15) is 8.42 Å². The maximum absolute atomic E-state index is 15.1. The third-order valence-corrected chi connectivity index (χ3v) is 8.88. The first-order chi connectivity index (χ1) is 21.0. The number of nitrogens with zero attached hydrogens (tertiary/aromatic N) is 4. The molecule has 2 N–H and O–H groups in total. The van der Waals surface area contributed by atoms with Crippen LogP contribution in [0.15, 0.2) is 48.9 Å². The number of sulfone groups is 1. The summed E-state index contributed by atoms with van der Waals surface area (Å²) in [5.74, 6) is -0.714. The number of imidazole rings is 1. The zero-order valence-electron chi connectivity index (χ0n) is 24.9. The molecule has 4 aromatic rings. The quantitative estimate of drug-likeness (QED) is 0.232. The first-order valence-electron chi connectivity index (χ1n) is 14.5. The monoisotopic (exact) mass is 629 g/mol. The van der Waals surface area contributed by atoms with Crippen LogP contribution in [0.2, 0.25) is 0 Å². The van der Waals surface area contributed by atoms with Crippen LogP contribution in [0.25, 0.3) is 16.8 Å². The number of hydrogen-bond donors (Lipinski definition) is 1. The van der Waals surface area contributed by atoms with Gasteiger partial charge in [-0.05, 0) is 54.0 Å². The molecule has 3 heterocycles. The summed E-state index contributed by atoms with van der Waals surface area (Å²) in [5, 5.41) is 4.56. The molecule has 0 radical (unpaired) electrons. The number of halogens is 2. The van der Waals surface area contributed by atoms with E-state index in [4.69, 9.17) is 19.9 Å². The maximum Gasteiger partial charge on any atom is 0.149 e. The minimum absolute atomic E-state index is 0.0389. The third kappa shape index (κ3) is 7.40. The van der Waals surface area contributed by atoms with E-state index in [0.29, 0.717) is 30.8 Å². The number of aromatic nitrogens is 4. The summed E-state index contributed by atoms with van der Waals surface area (Å²) in [5.41, 5.74) is 9.13. The van der Waals surface area contributed by atoms with Gasteiger partial charge in [-0.3, -0.25) is 4.98 Å². The van der Waals surface area contributed by atoms with Gasteiger partial charge in [-0.15, -0.1) is 0 Å². The first kappa shape index (κ1) is 31.9. The molecule has 0 spiro atoms. The van der Waals surface area contributed by atoms with Crippen molar-refractivity contribution >= 4 is 15.4 Å². The third-order valence-electron chi connectivity index (χ3n) is 7.97. The highest BCUT2D eigenvalue weighted by atomic mass is 32.2. The lowest BCUT2D eigenvalue weighted by molar-refractivity contribution is -0.0154. The number of fused-ring (bicyclic) bond motifs is 1. The molecule has 0 amide bonds. The Labute approximate surface area is 255 Å². The van der Waals surface area contributed by atoms with Crippen LogP contribution in [0.1, 0.15) is 42.6 Å². The number of methoxy groups -OCH3 is 1. The van der Waals surface area contributed by atoms with Crippen LogP contribution in [0.4, 0.5) is 8.78 Å². The number of rotatable bonds is 12. The summed E-state index contributed by atoms with van der Waals surface area (Å²) in [6.45, 7) is 2.65. The van der Waals surface area contributed by atoms with E-state index in [2.05, 4.69) is 22.0 Å². The summed E-state index contributed by atoms with van der Waals surface area (Å²) in [6, 6.07) is 7.27. The van der Waals surface area contributed by atoms with Gasteiger partial charge in [0.25, 0.3) is 0 Å². The lowest BCUT2D eigenvalue weighted by Crippen LogP contribution is -2.47. The molecular formula is C31H37F2N5O5S. The smallest absolute Gasteiger partial charge is 0.149 e. The van der Waals surface area contributed by atoms with Crippen molar-refractivity contribution in [2.24, 2.45) is 11.7 Å². The second kappa shape index (κ2) is 13.6. The minimum Gasteiger partial charge on any atom is -0.491 e. The molecule has 4 atom stereocenters. The van der Waals surface area contributed by atoms with Gasteiger partial charge in [0.05, 0.1) is 48.0 Å². The van der Waals surface area contributed by atoms with Crippen molar-refractivity contribution in [3.05, 3.63) is 77.5 Å². The molecule has 13 heteroatoms. The zero-order valence-corrected chi connectivity index (χ0v) is 25.8. The number of nitrogens with two attached hydrogens (primary N) is 1. The summed E-state index contributed by atoms with van der Waals surface area (Å²) in [6.07, 6.45) is 8.03. The summed E-state index contributed by atoms with van der Waals surface area (Å²) >= 11 is 0. The van der Waals surface area contributed by atoms with Crippen LogP contribution in [0.5, 0.6) is 5.75 Å². The Kier molecular flexibility index (Phi) is 9.88. The van der Waals surface area contributed by atoms with Gasteiger partial charge in [-0.25, -0.2) is 26.7 Å².